The van der Waals surface area contributed by atoms with E-state index in [1.165, 1.54) is 5.56 Å². The van der Waals surface area contributed by atoms with Gasteiger partial charge < -0.3 is 9.84 Å². The maximum absolute atomic E-state index is 5.23. The van der Waals surface area contributed by atoms with Crippen molar-refractivity contribution in [2.24, 2.45) is 0 Å². The van der Waals surface area contributed by atoms with Crippen LogP contribution >= 0.6 is 0 Å². The largest absolute Gasteiger partial charge is 0.366 e. The Kier molecular flexibility index (Phi) is 4.15. The minimum absolute atomic E-state index is 0.475. The molecule has 1 aliphatic rings. The van der Waals surface area contributed by atoms with Gasteiger partial charge in [-0.2, -0.15) is 5.10 Å². The highest BCUT2D eigenvalue weighted by Crippen LogP contribution is 2.20. The fourth-order valence-corrected chi connectivity index (χ4v) is 2.77. The summed E-state index contributed by atoms with van der Waals surface area (Å²) >= 11 is 0. The molecule has 0 aromatic carbocycles. The second-order valence-electron chi connectivity index (χ2n) is 5.61. The zero-order valence-electron chi connectivity index (χ0n) is 12.5. The van der Waals surface area contributed by atoms with Crippen molar-refractivity contribution in [3.05, 3.63) is 35.3 Å². The third-order valence-electron chi connectivity index (χ3n) is 4.07. The maximum atomic E-state index is 5.23. The van der Waals surface area contributed by atoms with E-state index in [0.29, 0.717) is 6.04 Å². The molecule has 6 nitrogen and oxygen atoms in total. The van der Waals surface area contributed by atoms with Crippen molar-refractivity contribution >= 4 is 5.82 Å². The van der Waals surface area contributed by atoms with Crippen LogP contribution in [0.15, 0.2) is 22.9 Å². The molecular weight excluding hydrogens is 266 g/mol. The van der Waals surface area contributed by atoms with Crippen LogP contribution in [-0.2, 0) is 6.54 Å². The Bertz CT molecular complexity index is 556. The highest BCUT2D eigenvalue weighted by molar-refractivity contribution is 5.33. The first-order chi connectivity index (χ1) is 10.2. The molecule has 0 bridgehead atoms. The van der Waals surface area contributed by atoms with Crippen LogP contribution in [0.25, 0.3) is 0 Å². The molecule has 21 heavy (non-hydrogen) atoms. The normalized spacial score (nSPS) is 17.0. The number of piperidine rings is 1. The number of aromatic nitrogens is 3. The smallest absolute Gasteiger partial charge is 0.148 e. The molecule has 0 atom stereocenters. The van der Waals surface area contributed by atoms with Crippen LogP contribution in [0, 0.1) is 13.8 Å². The first-order valence-electron chi connectivity index (χ1n) is 7.40. The molecule has 3 heterocycles. The zero-order chi connectivity index (χ0) is 14.7. The SMILES string of the molecule is Cc1noc(C)c1CN1CCC(Nc2cccnn2)CC1. The van der Waals surface area contributed by atoms with Gasteiger partial charge in [0.05, 0.1) is 5.69 Å². The van der Waals surface area contributed by atoms with E-state index >= 15 is 0 Å². The Morgan fingerprint density at radius 2 is 2.14 bits per heavy atom. The third-order valence-corrected chi connectivity index (χ3v) is 4.07. The lowest BCUT2D eigenvalue weighted by atomic mass is 10.0. The average molecular weight is 287 g/mol. The van der Waals surface area contributed by atoms with Crippen molar-refractivity contribution < 1.29 is 4.52 Å². The van der Waals surface area contributed by atoms with Crippen molar-refractivity contribution in [2.75, 3.05) is 18.4 Å². The van der Waals surface area contributed by atoms with E-state index in [4.69, 9.17) is 4.52 Å². The van der Waals surface area contributed by atoms with Crippen LogP contribution < -0.4 is 5.32 Å². The van der Waals surface area contributed by atoms with Gasteiger partial charge in [-0.25, -0.2) is 0 Å². The van der Waals surface area contributed by atoms with E-state index in [9.17, 15) is 0 Å². The molecule has 3 rings (SSSR count). The molecule has 2 aromatic rings. The fourth-order valence-electron chi connectivity index (χ4n) is 2.77. The Balaban J connectivity index is 1.51. The number of likely N-dealkylation sites (tertiary alicyclic amines) is 1. The highest BCUT2D eigenvalue weighted by atomic mass is 16.5. The van der Waals surface area contributed by atoms with E-state index in [2.05, 4.69) is 25.6 Å². The van der Waals surface area contributed by atoms with E-state index in [1.807, 2.05) is 26.0 Å². The maximum Gasteiger partial charge on any atom is 0.148 e. The summed E-state index contributed by atoms with van der Waals surface area (Å²) in [5, 5.41) is 15.4. The third kappa shape index (κ3) is 3.39. The zero-order valence-corrected chi connectivity index (χ0v) is 12.5. The van der Waals surface area contributed by atoms with E-state index in [-0.39, 0.29) is 0 Å². The molecule has 0 aliphatic carbocycles. The number of nitrogens with one attached hydrogen (secondary N) is 1. The number of hydrogen-bond donors (Lipinski definition) is 1. The molecule has 1 aliphatic heterocycles. The van der Waals surface area contributed by atoms with Crippen molar-refractivity contribution in [3.8, 4) is 0 Å². The van der Waals surface area contributed by atoms with Gasteiger partial charge in [0.25, 0.3) is 0 Å². The lowest BCUT2D eigenvalue weighted by molar-refractivity contribution is 0.210. The fraction of sp³-hybridized carbons (Fsp3) is 0.533. The van der Waals surface area contributed by atoms with E-state index in [0.717, 1.165) is 49.7 Å². The van der Waals surface area contributed by atoms with Gasteiger partial charge in [0.15, 0.2) is 0 Å². The van der Waals surface area contributed by atoms with Gasteiger partial charge in [-0.3, -0.25) is 4.90 Å². The summed E-state index contributed by atoms with van der Waals surface area (Å²) in [6, 6.07) is 4.34. The molecule has 0 amide bonds. The Morgan fingerprint density at radius 3 is 2.76 bits per heavy atom. The van der Waals surface area contributed by atoms with Crippen LogP contribution in [0.1, 0.15) is 29.9 Å². The number of anilines is 1. The van der Waals surface area contributed by atoms with Crippen molar-refractivity contribution in [1.29, 1.82) is 0 Å². The number of nitrogens with zero attached hydrogens (tertiary/aromatic N) is 4. The summed E-state index contributed by atoms with van der Waals surface area (Å²) in [7, 11) is 0. The summed E-state index contributed by atoms with van der Waals surface area (Å²) < 4.78 is 5.23. The molecule has 2 aromatic heterocycles. The van der Waals surface area contributed by atoms with Gasteiger partial charge in [-0.1, -0.05) is 5.16 Å². The van der Waals surface area contributed by atoms with Crippen LogP contribution in [0.4, 0.5) is 5.82 Å². The molecule has 1 fully saturated rings. The lowest BCUT2D eigenvalue weighted by Gasteiger charge is -2.32. The van der Waals surface area contributed by atoms with Gasteiger partial charge in [0, 0.05) is 37.4 Å². The molecule has 1 saturated heterocycles. The quantitative estimate of drug-likeness (QED) is 0.929. The van der Waals surface area contributed by atoms with Gasteiger partial charge in [-0.15, -0.1) is 5.10 Å². The van der Waals surface area contributed by atoms with Gasteiger partial charge in [-0.05, 0) is 38.8 Å². The second-order valence-corrected chi connectivity index (χ2v) is 5.61. The Labute approximate surface area is 124 Å². The molecule has 0 spiro atoms. The van der Waals surface area contributed by atoms with Crippen LogP contribution in [-0.4, -0.2) is 39.4 Å². The molecule has 0 unspecified atom stereocenters. The minimum atomic E-state index is 0.475. The summed E-state index contributed by atoms with van der Waals surface area (Å²) in [6.07, 6.45) is 3.91. The van der Waals surface area contributed by atoms with Crippen molar-refractivity contribution in [3.63, 3.8) is 0 Å². The number of rotatable bonds is 4. The average Bonchev–Trinajstić information content (AvgIpc) is 2.82. The predicted molar refractivity (Wildman–Crippen MR) is 79.9 cm³/mol. The first-order valence-corrected chi connectivity index (χ1v) is 7.40. The summed E-state index contributed by atoms with van der Waals surface area (Å²) in [5.41, 5.74) is 2.24. The van der Waals surface area contributed by atoms with Crippen LogP contribution in [0.2, 0.25) is 0 Å². The number of hydrogen-bond acceptors (Lipinski definition) is 6. The van der Waals surface area contributed by atoms with Crippen molar-refractivity contribution in [1.82, 2.24) is 20.3 Å². The topological polar surface area (TPSA) is 67.1 Å². The Hall–Kier alpha value is -1.95. The van der Waals surface area contributed by atoms with E-state index in [1.54, 1.807) is 6.20 Å². The molecule has 6 heteroatoms. The summed E-state index contributed by atoms with van der Waals surface area (Å²) in [5.74, 6) is 1.80. The lowest BCUT2D eigenvalue weighted by Crippen LogP contribution is -2.39. The van der Waals surface area contributed by atoms with Gasteiger partial charge in [0.2, 0.25) is 0 Å². The minimum Gasteiger partial charge on any atom is -0.366 e. The number of aryl methyl sites for hydroxylation is 2. The standard InChI is InChI=1S/C15H21N5O/c1-11-14(12(2)21-19-11)10-20-8-5-13(6-9-20)17-15-4-3-7-16-18-15/h3-4,7,13H,5-6,8-10H2,1-2H3,(H,17,18). The Morgan fingerprint density at radius 1 is 1.33 bits per heavy atom. The predicted octanol–water partition coefficient (Wildman–Crippen LogP) is 2.16. The first kappa shape index (κ1) is 14.0. The van der Waals surface area contributed by atoms with Crippen molar-refractivity contribution in [2.45, 2.75) is 39.3 Å². The molecule has 0 saturated carbocycles. The van der Waals surface area contributed by atoms with E-state index < -0.39 is 0 Å². The van der Waals surface area contributed by atoms with Crippen LogP contribution in [0.5, 0.6) is 0 Å². The molecule has 112 valence electrons. The monoisotopic (exact) mass is 287 g/mol. The van der Waals surface area contributed by atoms with Crippen LogP contribution in [0.3, 0.4) is 0 Å². The molecular formula is C15H21N5O. The highest BCUT2D eigenvalue weighted by Gasteiger charge is 2.21. The molecule has 0 radical (unpaired) electrons. The summed E-state index contributed by atoms with van der Waals surface area (Å²) in [6.45, 7) is 7.06. The van der Waals surface area contributed by atoms with Gasteiger partial charge >= 0.3 is 0 Å². The summed E-state index contributed by atoms with van der Waals surface area (Å²) in [4.78, 5) is 2.46. The van der Waals surface area contributed by atoms with Gasteiger partial charge in [0.1, 0.15) is 11.6 Å². The molecule has 1 N–H and O–H groups in total. The second kappa shape index (κ2) is 6.22.